The Morgan fingerprint density at radius 2 is 2.06 bits per heavy atom. The second-order valence-corrected chi connectivity index (χ2v) is 3.92. The van der Waals surface area contributed by atoms with E-state index in [4.69, 9.17) is 5.11 Å². The smallest absolute Gasteiger partial charge is 0.227 e. The highest BCUT2D eigenvalue weighted by Gasteiger charge is 2.22. The fraction of sp³-hybridized carbons (Fsp3) is 0.308. The molecule has 0 radical (unpaired) electrons. The number of nitrogens with one attached hydrogen (secondary N) is 1. The molecule has 2 rings (SSSR count). The van der Waals surface area contributed by atoms with Gasteiger partial charge in [0, 0.05) is 18.2 Å². The molecule has 0 spiro atoms. The number of allylic oxidation sites excluding steroid dienone is 1. The fourth-order valence-electron chi connectivity index (χ4n) is 1.87. The predicted molar refractivity (Wildman–Crippen MR) is 62.4 cm³/mol. The zero-order valence-corrected chi connectivity index (χ0v) is 9.02. The molecule has 84 valence electrons. The first-order valence-corrected chi connectivity index (χ1v) is 5.48. The molecule has 16 heavy (non-hydrogen) atoms. The Kier molecular flexibility index (Phi) is 3.37. The van der Waals surface area contributed by atoms with Gasteiger partial charge < -0.3 is 10.4 Å². The molecule has 2 N–H and O–H groups in total. The maximum absolute atomic E-state index is 11.7. The van der Waals surface area contributed by atoms with Crippen LogP contribution in [0.3, 0.4) is 0 Å². The summed E-state index contributed by atoms with van der Waals surface area (Å²) in [7, 11) is 0. The van der Waals surface area contributed by atoms with Gasteiger partial charge in [-0.05, 0) is 18.4 Å². The van der Waals surface area contributed by atoms with Gasteiger partial charge in [-0.1, -0.05) is 36.4 Å². The highest BCUT2D eigenvalue weighted by Crippen LogP contribution is 2.21. The van der Waals surface area contributed by atoms with Crippen LogP contribution in [-0.4, -0.2) is 17.6 Å². The SMILES string of the molecule is O=C1NC(c2ccccc2)=CCC1CCO. The number of hydrogen-bond donors (Lipinski definition) is 2. The van der Waals surface area contributed by atoms with Crippen LogP contribution < -0.4 is 5.32 Å². The van der Waals surface area contributed by atoms with E-state index >= 15 is 0 Å². The molecule has 1 atom stereocenters. The molecule has 1 aromatic rings. The molecule has 1 aromatic carbocycles. The Bertz CT molecular complexity index is 398. The average molecular weight is 217 g/mol. The quantitative estimate of drug-likeness (QED) is 0.807. The number of aliphatic hydroxyl groups is 1. The number of benzene rings is 1. The first-order valence-electron chi connectivity index (χ1n) is 5.48. The van der Waals surface area contributed by atoms with E-state index in [1.807, 2.05) is 36.4 Å². The predicted octanol–water partition coefficient (Wildman–Crippen LogP) is 1.55. The second kappa shape index (κ2) is 4.94. The van der Waals surface area contributed by atoms with Crippen LogP contribution >= 0.6 is 0 Å². The lowest BCUT2D eigenvalue weighted by molar-refractivity contribution is -0.124. The van der Waals surface area contributed by atoms with Crippen molar-refractivity contribution in [3.63, 3.8) is 0 Å². The number of amides is 1. The maximum Gasteiger partial charge on any atom is 0.227 e. The second-order valence-electron chi connectivity index (χ2n) is 3.92. The van der Waals surface area contributed by atoms with Crippen LogP contribution in [0.5, 0.6) is 0 Å². The standard InChI is InChI=1S/C13H15NO2/c15-9-8-11-6-7-12(14-13(11)16)10-4-2-1-3-5-10/h1-5,7,11,15H,6,8-9H2,(H,14,16). The molecular formula is C13H15NO2. The molecule has 1 heterocycles. The van der Waals surface area contributed by atoms with E-state index in [1.165, 1.54) is 0 Å². The van der Waals surface area contributed by atoms with E-state index in [9.17, 15) is 4.79 Å². The van der Waals surface area contributed by atoms with E-state index in [-0.39, 0.29) is 18.4 Å². The summed E-state index contributed by atoms with van der Waals surface area (Å²) in [4.78, 5) is 11.7. The van der Waals surface area contributed by atoms with Gasteiger partial charge in [-0.2, -0.15) is 0 Å². The van der Waals surface area contributed by atoms with E-state index in [0.29, 0.717) is 12.8 Å². The Labute approximate surface area is 94.8 Å². The van der Waals surface area contributed by atoms with Crippen molar-refractivity contribution in [1.82, 2.24) is 5.32 Å². The van der Waals surface area contributed by atoms with E-state index in [1.54, 1.807) is 0 Å². The number of carbonyl (C=O) groups excluding carboxylic acids is 1. The van der Waals surface area contributed by atoms with Crippen LogP contribution in [0.15, 0.2) is 36.4 Å². The van der Waals surface area contributed by atoms with Crippen LogP contribution in [0.4, 0.5) is 0 Å². The molecule has 3 nitrogen and oxygen atoms in total. The van der Waals surface area contributed by atoms with Crippen molar-refractivity contribution >= 4 is 11.6 Å². The first kappa shape index (κ1) is 10.9. The summed E-state index contributed by atoms with van der Waals surface area (Å²) in [5.74, 6) is -0.0761. The largest absolute Gasteiger partial charge is 0.396 e. The average Bonchev–Trinajstić information content (AvgIpc) is 2.33. The number of aliphatic hydroxyl groups excluding tert-OH is 1. The molecule has 3 heteroatoms. The molecular weight excluding hydrogens is 202 g/mol. The summed E-state index contributed by atoms with van der Waals surface area (Å²) in [5.41, 5.74) is 1.90. The van der Waals surface area contributed by atoms with Crippen LogP contribution in [0.25, 0.3) is 5.70 Å². The number of hydrogen-bond acceptors (Lipinski definition) is 2. The molecule has 0 aromatic heterocycles. The van der Waals surface area contributed by atoms with Gasteiger partial charge in [0.25, 0.3) is 0 Å². The fourth-order valence-corrected chi connectivity index (χ4v) is 1.87. The molecule has 0 aliphatic carbocycles. The molecule has 0 saturated carbocycles. The van der Waals surface area contributed by atoms with E-state index in [0.717, 1.165) is 11.3 Å². The molecule has 0 fully saturated rings. The summed E-state index contributed by atoms with van der Waals surface area (Å²) in [5, 5.41) is 11.7. The van der Waals surface area contributed by atoms with Crippen molar-refractivity contribution in [3.8, 4) is 0 Å². The molecule has 1 aliphatic heterocycles. The van der Waals surface area contributed by atoms with Gasteiger partial charge in [0.1, 0.15) is 0 Å². The Morgan fingerprint density at radius 3 is 2.69 bits per heavy atom. The van der Waals surface area contributed by atoms with Gasteiger partial charge in [0.2, 0.25) is 5.91 Å². The van der Waals surface area contributed by atoms with Gasteiger partial charge in [-0.3, -0.25) is 4.79 Å². The Balaban J connectivity index is 2.13. The maximum atomic E-state index is 11.7. The summed E-state index contributed by atoms with van der Waals surface area (Å²) < 4.78 is 0. The zero-order chi connectivity index (χ0) is 11.4. The molecule has 0 bridgehead atoms. The van der Waals surface area contributed by atoms with Gasteiger partial charge in [-0.25, -0.2) is 0 Å². The lowest BCUT2D eigenvalue weighted by Gasteiger charge is -2.21. The highest BCUT2D eigenvalue weighted by molar-refractivity contribution is 5.90. The Hall–Kier alpha value is -1.61. The molecule has 1 amide bonds. The lowest BCUT2D eigenvalue weighted by atomic mass is 9.95. The monoisotopic (exact) mass is 217 g/mol. The summed E-state index contributed by atoms with van der Waals surface area (Å²) in [6, 6.07) is 9.78. The molecule has 1 aliphatic rings. The summed E-state index contributed by atoms with van der Waals surface area (Å²) in [6.45, 7) is 0.0621. The van der Waals surface area contributed by atoms with Crippen molar-refractivity contribution in [2.45, 2.75) is 12.8 Å². The van der Waals surface area contributed by atoms with Crippen molar-refractivity contribution in [1.29, 1.82) is 0 Å². The van der Waals surface area contributed by atoms with E-state index in [2.05, 4.69) is 5.32 Å². The van der Waals surface area contributed by atoms with Crippen LogP contribution in [0, 0.1) is 5.92 Å². The Morgan fingerprint density at radius 1 is 1.31 bits per heavy atom. The van der Waals surface area contributed by atoms with Crippen molar-refractivity contribution in [2.24, 2.45) is 5.92 Å². The minimum Gasteiger partial charge on any atom is -0.396 e. The molecule has 1 unspecified atom stereocenters. The van der Waals surface area contributed by atoms with Gasteiger partial charge in [0.15, 0.2) is 0 Å². The zero-order valence-electron chi connectivity index (χ0n) is 9.02. The van der Waals surface area contributed by atoms with Crippen molar-refractivity contribution in [3.05, 3.63) is 42.0 Å². The lowest BCUT2D eigenvalue weighted by Crippen LogP contribution is -2.33. The number of rotatable bonds is 3. The van der Waals surface area contributed by atoms with Crippen molar-refractivity contribution < 1.29 is 9.90 Å². The van der Waals surface area contributed by atoms with Gasteiger partial charge >= 0.3 is 0 Å². The third-order valence-corrected chi connectivity index (χ3v) is 2.80. The van der Waals surface area contributed by atoms with Gasteiger partial charge in [0.05, 0.1) is 0 Å². The first-order chi connectivity index (χ1) is 7.81. The van der Waals surface area contributed by atoms with Crippen molar-refractivity contribution in [2.75, 3.05) is 6.61 Å². The van der Waals surface area contributed by atoms with Crippen LogP contribution in [-0.2, 0) is 4.79 Å². The minimum absolute atomic E-state index is 0.00963. The van der Waals surface area contributed by atoms with Crippen LogP contribution in [0.1, 0.15) is 18.4 Å². The molecule has 0 saturated heterocycles. The third kappa shape index (κ3) is 2.31. The highest BCUT2D eigenvalue weighted by atomic mass is 16.3. The summed E-state index contributed by atoms with van der Waals surface area (Å²) in [6.07, 6.45) is 3.26. The third-order valence-electron chi connectivity index (χ3n) is 2.80. The minimum atomic E-state index is -0.0857. The number of carbonyl (C=O) groups is 1. The topological polar surface area (TPSA) is 49.3 Å². The van der Waals surface area contributed by atoms with Crippen LogP contribution in [0.2, 0.25) is 0 Å². The van der Waals surface area contributed by atoms with E-state index < -0.39 is 0 Å². The summed E-state index contributed by atoms with van der Waals surface area (Å²) >= 11 is 0. The normalized spacial score (nSPS) is 20.2. The van der Waals surface area contributed by atoms with Gasteiger partial charge in [-0.15, -0.1) is 0 Å².